The molecule has 0 aromatic heterocycles. The highest BCUT2D eigenvalue weighted by molar-refractivity contribution is 5.78. The maximum atomic E-state index is 12.7. The van der Waals surface area contributed by atoms with Gasteiger partial charge in [-0.3, -0.25) is 4.79 Å². The number of amides is 1. The highest BCUT2D eigenvalue weighted by Gasteiger charge is 2.25. The number of fused-ring (bicyclic) bond motifs is 1. The van der Waals surface area contributed by atoms with Gasteiger partial charge in [-0.2, -0.15) is 0 Å². The lowest BCUT2D eigenvalue weighted by atomic mass is 9.88. The summed E-state index contributed by atoms with van der Waals surface area (Å²) in [4.78, 5) is 14.7. The van der Waals surface area contributed by atoms with Crippen LogP contribution in [0.15, 0.2) is 48.5 Å². The molecular weight excluding hydrogens is 302 g/mol. The first-order chi connectivity index (χ1) is 11.8. The Morgan fingerprint density at radius 1 is 0.958 bits per heavy atom. The van der Waals surface area contributed by atoms with E-state index in [4.69, 9.17) is 9.47 Å². The predicted octanol–water partition coefficient (Wildman–Crippen LogP) is 3.56. The maximum Gasteiger partial charge on any atom is 0.231 e. The van der Waals surface area contributed by atoms with Crippen LogP contribution in [0.25, 0.3) is 0 Å². The average molecular weight is 323 g/mol. The van der Waals surface area contributed by atoms with Gasteiger partial charge < -0.3 is 14.4 Å². The molecule has 2 aliphatic heterocycles. The van der Waals surface area contributed by atoms with Crippen LogP contribution in [-0.2, 0) is 4.79 Å². The molecule has 4 nitrogen and oxygen atoms in total. The van der Waals surface area contributed by atoms with Crippen LogP contribution >= 0.6 is 0 Å². The van der Waals surface area contributed by atoms with E-state index >= 15 is 0 Å². The normalized spacial score (nSPS) is 17.1. The zero-order valence-electron chi connectivity index (χ0n) is 13.6. The number of hydrogen-bond donors (Lipinski definition) is 0. The lowest BCUT2D eigenvalue weighted by Crippen LogP contribution is -2.29. The molecule has 0 bridgehead atoms. The van der Waals surface area contributed by atoms with E-state index < -0.39 is 0 Å². The summed E-state index contributed by atoms with van der Waals surface area (Å²) in [6.45, 7) is 2.05. The van der Waals surface area contributed by atoms with E-state index in [0.717, 1.165) is 48.6 Å². The number of carbonyl (C=O) groups excluding carboxylic acids is 1. The summed E-state index contributed by atoms with van der Waals surface area (Å²) >= 11 is 0. The second-order valence-electron chi connectivity index (χ2n) is 6.37. The monoisotopic (exact) mass is 323 g/mol. The SMILES string of the molecule is O=C(C[C@@H](c1ccccc1)c1ccc2c(c1)OCO2)N1CCCC1. The molecule has 2 heterocycles. The molecule has 0 spiro atoms. The first kappa shape index (κ1) is 15.1. The van der Waals surface area contributed by atoms with Crippen molar-refractivity contribution in [1.29, 1.82) is 0 Å². The Morgan fingerprint density at radius 3 is 2.50 bits per heavy atom. The number of ether oxygens (including phenoxy) is 2. The van der Waals surface area contributed by atoms with Crippen LogP contribution in [0, 0.1) is 0 Å². The Hall–Kier alpha value is -2.49. The molecule has 0 saturated carbocycles. The van der Waals surface area contributed by atoms with E-state index in [-0.39, 0.29) is 18.6 Å². The zero-order valence-corrected chi connectivity index (χ0v) is 13.6. The number of carbonyl (C=O) groups is 1. The molecule has 0 aliphatic carbocycles. The van der Waals surface area contributed by atoms with Crippen LogP contribution in [0.2, 0.25) is 0 Å². The smallest absolute Gasteiger partial charge is 0.231 e. The van der Waals surface area contributed by atoms with Gasteiger partial charge in [-0.1, -0.05) is 36.4 Å². The van der Waals surface area contributed by atoms with E-state index in [1.54, 1.807) is 0 Å². The van der Waals surface area contributed by atoms with Gasteiger partial charge in [0, 0.05) is 25.4 Å². The van der Waals surface area contributed by atoms with Crippen LogP contribution in [0.3, 0.4) is 0 Å². The fraction of sp³-hybridized carbons (Fsp3) is 0.350. The first-order valence-electron chi connectivity index (χ1n) is 8.53. The first-order valence-corrected chi connectivity index (χ1v) is 8.53. The largest absolute Gasteiger partial charge is 0.454 e. The van der Waals surface area contributed by atoms with E-state index in [1.807, 2.05) is 41.3 Å². The van der Waals surface area contributed by atoms with Crippen molar-refractivity contribution in [3.63, 3.8) is 0 Å². The lowest BCUT2D eigenvalue weighted by Gasteiger charge is -2.22. The quantitative estimate of drug-likeness (QED) is 0.863. The third kappa shape index (κ3) is 2.96. The van der Waals surface area contributed by atoms with Crippen LogP contribution in [0.1, 0.15) is 36.3 Å². The van der Waals surface area contributed by atoms with Crippen LogP contribution in [0.5, 0.6) is 11.5 Å². The second-order valence-corrected chi connectivity index (χ2v) is 6.37. The number of hydrogen-bond acceptors (Lipinski definition) is 3. The van der Waals surface area contributed by atoms with E-state index in [1.165, 1.54) is 0 Å². The zero-order chi connectivity index (χ0) is 16.4. The topological polar surface area (TPSA) is 38.8 Å². The summed E-state index contributed by atoms with van der Waals surface area (Å²) in [5.41, 5.74) is 2.25. The van der Waals surface area contributed by atoms with Gasteiger partial charge >= 0.3 is 0 Å². The third-order valence-corrected chi connectivity index (χ3v) is 4.84. The lowest BCUT2D eigenvalue weighted by molar-refractivity contribution is -0.130. The second kappa shape index (κ2) is 6.56. The fourth-order valence-corrected chi connectivity index (χ4v) is 3.51. The summed E-state index contributed by atoms with van der Waals surface area (Å²) in [6, 6.07) is 16.2. The number of benzene rings is 2. The molecule has 1 saturated heterocycles. The Balaban J connectivity index is 1.64. The van der Waals surface area contributed by atoms with Crippen molar-refractivity contribution < 1.29 is 14.3 Å². The number of nitrogens with zero attached hydrogens (tertiary/aromatic N) is 1. The predicted molar refractivity (Wildman–Crippen MR) is 91.3 cm³/mol. The van der Waals surface area contributed by atoms with Gasteiger partial charge in [0.15, 0.2) is 11.5 Å². The van der Waals surface area contributed by atoms with Gasteiger partial charge in [0.25, 0.3) is 0 Å². The van der Waals surface area contributed by atoms with Crippen molar-refractivity contribution in [2.45, 2.75) is 25.2 Å². The van der Waals surface area contributed by atoms with Gasteiger partial charge in [-0.05, 0) is 36.1 Å². The summed E-state index contributed by atoms with van der Waals surface area (Å²) < 4.78 is 10.9. The molecule has 0 unspecified atom stereocenters. The van der Waals surface area contributed by atoms with Crippen molar-refractivity contribution in [3.05, 3.63) is 59.7 Å². The molecule has 24 heavy (non-hydrogen) atoms. The van der Waals surface area contributed by atoms with Crippen LogP contribution in [0.4, 0.5) is 0 Å². The van der Waals surface area contributed by atoms with Crippen molar-refractivity contribution in [2.24, 2.45) is 0 Å². The molecular formula is C20H21NO3. The molecule has 2 aromatic carbocycles. The van der Waals surface area contributed by atoms with Crippen molar-refractivity contribution in [2.75, 3.05) is 19.9 Å². The van der Waals surface area contributed by atoms with E-state index in [0.29, 0.717) is 6.42 Å². The molecule has 1 fully saturated rings. The third-order valence-electron chi connectivity index (χ3n) is 4.84. The van der Waals surface area contributed by atoms with Gasteiger partial charge in [0.2, 0.25) is 12.7 Å². The van der Waals surface area contributed by atoms with Gasteiger partial charge in [0.05, 0.1) is 0 Å². The van der Waals surface area contributed by atoms with Gasteiger partial charge in [-0.15, -0.1) is 0 Å². The number of likely N-dealkylation sites (tertiary alicyclic amines) is 1. The molecule has 0 radical (unpaired) electrons. The van der Waals surface area contributed by atoms with E-state index in [9.17, 15) is 4.79 Å². The highest BCUT2D eigenvalue weighted by Crippen LogP contribution is 2.37. The average Bonchev–Trinajstić information content (AvgIpc) is 3.31. The molecule has 2 aromatic rings. The minimum atomic E-state index is 0.0359. The molecule has 4 heteroatoms. The Kier molecular flexibility index (Phi) is 4.11. The summed E-state index contributed by atoms with van der Waals surface area (Å²) in [7, 11) is 0. The molecule has 1 amide bonds. The molecule has 1 atom stereocenters. The van der Waals surface area contributed by atoms with Crippen molar-refractivity contribution >= 4 is 5.91 Å². The van der Waals surface area contributed by atoms with Crippen LogP contribution in [-0.4, -0.2) is 30.7 Å². The molecule has 0 N–H and O–H groups in total. The Morgan fingerprint density at radius 2 is 1.71 bits per heavy atom. The molecule has 124 valence electrons. The fourth-order valence-electron chi connectivity index (χ4n) is 3.51. The van der Waals surface area contributed by atoms with Crippen molar-refractivity contribution in [3.8, 4) is 11.5 Å². The minimum absolute atomic E-state index is 0.0359. The molecule has 2 aliphatic rings. The Bertz CT molecular complexity index is 723. The standard InChI is InChI=1S/C20H21NO3/c22-20(21-10-4-5-11-21)13-17(15-6-2-1-3-7-15)16-8-9-18-19(12-16)24-14-23-18/h1-3,6-9,12,17H,4-5,10-11,13-14H2/t17-/m0/s1. The van der Waals surface area contributed by atoms with Crippen LogP contribution < -0.4 is 9.47 Å². The summed E-state index contributed by atoms with van der Waals surface area (Å²) in [6.07, 6.45) is 2.72. The Labute approximate surface area is 142 Å². The molecule has 4 rings (SSSR count). The number of rotatable bonds is 4. The minimum Gasteiger partial charge on any atom is -0.454 e. The maximum absolute atomic E-state index is 12.7. The summed E-state index contributed by atoms with van der Waals surface area (Å²) in [5.74, 6) is 1.81. The summed E-state index contributed by atoms with van der Waals surface area (Å²) in [5, 5.41) is 0. The van der Waals surface area contributed by atoms with Gasteiger partial charge in [0.1, 0.15) is 0 Å². The highest BCUT2D eigenvalue weighted by atomic mass is 16.7. The van der Waals surface area contributed by atoms with Gasteiger partial charge in [-0.25, -0.2) is 0 Å². The van der Waals surface area contributed by atoms with E-state index in [2.05, 4.69) is 12.1 Å². The van der Waals surface area contributed by atoms with Crippen molar-refractivity contribution in [1.82, 2.24) is 4.90 Å².